The first kappa shape index (κ1) is 19.0. The number of rotatable bonds is 6. The van der Waals surface area contributed by atoms with E-state index in [1.807, 2.05) is 6.07 Å². The standard InChI is InChI=1S/C17H16ClN5O3/c1-25-14-4-2-3-13(18)12(14)10-26-16(24)9-23(17(20)21)15-6-5-11(7-19)8-22-15/h2-6,8H,9-10H2,1H3,(H3,20,21). The van der Waals surface area contributed by atoms with E-state index in [2.05, 4.69) is 4.98 Å². The second kappa shape index (κ2) is 8.69. The van der Waals surface area contributed by atoms with E-state index in [1.165, 1.54) is 25.4 Å². The number of pyridine rings is 1. The van der Waals surface area contributed by atoms with Crippen LogP contribution in [0.25, 0.3) is 0 Å². The highest BCUT2D eigenvalue weighted by Crippen LogP contribution is 2.26. The van der Waals surface area contributed by atoms with E-state index >= 15 is 0 Å². The summed E-state index contributed by atoms with van der Waals surface area (Å²) in [4.78, 5) is 17.3. The summed E-state index contributed by atoms with van der Waals surface area (Å²) >= 11 is 6.10. The second-order valence-corrected chi connectivity index (χ2v) is 5.48. The number of nitrogens with one attached hydrogen (secondary N) is 1. The lowest BCUT2D eigenvalue weighted by Crippen LogP contribution is -2.41. The number of carbonyl (C=O) groups is 1. The first-order valence-electron chi connectivity index (χ1n) is 7.41. The number of methoxy groups -OCH3 is 1. The van der Waals surface area contributed by atoms with Crippen molar-refractivity contribution >= 4 is 29.3 Å². The van der Waals surface area contributed by atoms with Crippen LogP contribution in [-0.2, 0) is 16.1 Å². The fourth-order valence-corrected chi connectivity index (χ4v) is 2.32. The third kappa shape index (κ3) is 4.62. The molecule has 1 heterocycles. The first-order valence-corrected chi connectivity index (χ1v) is 7.78. The summed E-state index contributed by atoms with van der Waals surface area (Å²) in [7, 11) is 1.49. The van der Waals surface area contributed by atoms with Crippen molar-refractivity contribution in [2.24, 2.45) is 5.73 Å². The molecule has 0 radical (unpaired) electrons. The summed E-state index contributed by atoms with van der Waals surface area (Å²) in [5.74, 6) is -0.255. The summed E-state index contributed by atoms with van der Waals surface area (Å²) in [6.45, 7) is -0.408. The molecule has 0 amide bonds. The molecule has 0 bridgehead atoms. The van der Waals surface area contributed by atoms with Gasteiger partial charge in [0.05, 0.1) is 23.3 Å². The molecule has 8 nitrogen and oxygen atoms in total. The molecule has 134 valence electrons. The van der Waals surface area contributed by atoms with E-state index in [-0.39, 0.29) is 24.9 Å². The molecule has 26 heavy (non-hydrogen) atoms. The molecule has 0 fully saturated rings. The number of nitrogens with zero attached hydrogens (tertiary/aromatic N) is 3. The smallest absolute Gasteiger partial charge is 0.326 e. The van der Waals surface area contributed by atoms with E-state index in [0.29, 0.717) is 21.9 Å². The van der Waals surface area contributed by atoms with Crippen LogP contribution in [0, 0.1) is 16.7 Å². The highest BCUT2D eigenvalue weighted by molar-refractivity contribution is 6.31. The predicted molar refractivity (Wildman–Crippen MR) is 96.0 cm³/mol. The van der Waals surface area contributed by atoms with Crippen molar-refractivity contribution in [1.29, 1.82) is 10.7 Å². The Hall–Kier alpha value is -3.31. The van der Waals surface area contributed by atoms with Gasteiger partial charge >= 0.3 is 5.97 Å². The predicted octanol–water partition coefficient (Wildman–Crippen LogP) is 2.06. The molecule has 2 aromatic rings. The van der Waals surface area contributed by atoms with Crippen LogP contribution < -0.4 is 15.4 Å². The van der Waals surface area contributed by atoms with Gasteiger partial charge in [0.2, 0.25) is 0 Å². The molecule has 0 spiro atoms. The van der Waals surface area contributed by atoms with Crippen LogP contribution in [0.2, 0.25) is 5.02 Å². The van der Waals surface area contributed by atoms with Crippen LogP contribution in [0.15, 0.2) is 36.5 Å². The molecule has 3 N–H and O–H groups in total. The maximum Gasteiger partial charge on any atom is 0.326 e. The largest absolute Gasteiger partial charge is 0.496 e. The lowest BCUT2D eigenvalue weighted by atomic mass is 10.2. The van der Waals surface area contributed by atoms with E-state index in [9.17, 15) is 4.79 Å². The van der Waals surface area contributed by atoms with Gasteiger partial charge in [-0.3, -0.25) is 15.1 Å². The number of hydrogen-bond donors (Lipinski definition) is 2. The summed E-state index contributed by atoms with van der Waals surface area (Å²) < 4.78 is 10.4. The summed E-state index contributed by atoms with van der Waals surface area (Å²) in [5.41, 5.74) is 6.41. The van der Waals surface area contributed by atoms with Gasteiger partial charge in [0.25, 0.3) is 0 Å². The SMILES string of the molecule is COc1cccc(Cl)c1COC(=O)CN(C(=N)N)c1ccc(C#N)cn1. The molecular formula is C17H16ClN5O3. The van der Waals surface area contributed by atoms with E-state index in [0.717, 1.165) is 4.90 Å². The van der Waals surface area contributed by atoms with Gasteiger partial charge in [0, 0.05) is 6.20 Å². The Kier molecular flexibility index (Phi) is 6.36. The lowest BCUT2D eigenvalue weighted by molar-refractivity contribution is -0.143. The fourth-order valence-electron chi connectivity index (χ4n) is 2.10. The molecule has 1 aromatic carbocycles. The molecule has 0 aliphatic rings. The molecule has 9 heteroatoms. The second-order valence-electron chi connectivity index (χ2n) is 5.07. The number of nitriles is 1. The Morgan fingerprint density at radius 3 is 2.77 bits per heavy atom. The molecule has 0 saturated heterocycles. The Bertz CT molecular complexity index is 848. The van der Waals surface area contributed by atoms with Crippen LogP contribution in [0.1, 0.15) is 11.1 Å². The number of esters is 1. The number of halogens is 1. The van der Waals surface area contributed by atoms with Gasteiger partial charge in [-0.25, -0.2) is 4.98 Å². The van der Waals surface area contributed by atoms with Crippen molar-refractivity contribution in [3.05, 3.63) is 52.7 Å². The average molecular weight is 374 g/mol. The van der Waals surface area contributed by atoms with Crippen LogP contribution in [0.5, 0.6) is 5.75 Å². The first-order chi connectivity index (χ1) is 12.5. The lowest BCUT2D eigenvalue weighted by Gasteiger charge is -2.20. The molecular weight excluding hydrogens is 358 g/mol. The minimum Gasteiger partial charge on any atom is -0.496 e. The zero-order valence-electron chi connectivity index (χ0n) is 13.9. The number of hydrogen-bond acceptors (Lipinski definition) is 6. The van der Waals surface area contributed by atoms with Crippen molar-refractivity contribution in [2.75, 3.05) is 18.6 Å². The highest BCUT2D eigenvalue weighted by atomic mass is 35.5. The third-order valence-corrected chi connectivity index (χ3v) is 3.76. The molecule has 1 aromatic heterocycles. The number of carbonyl (C=O) groups excluding carboxylic acids is 1. The minimum atomic E-state index is -0.631. The molecule has 2 rings (SSSR count). The van der Waals surface area contributed by atoms with Gasteiger partial charge in [-0.15, -0.1) is 0 Å². The maximum absolute atomic E-state index is 12.2. The molecule has 0 saturated carbocycles. The van der Waals surface area contributed by atoms with Gasteiger partial charge < -0.3 is 15.2 Å². The average Bonchev–Trinajstić information content (AvgIpc) is 2.64. The summed E-state index contributed by atoms with van der Waals surface area (Å²) in [6.07, 6.45) is 1.32. The Morgan fingerprint density at radius 2 is 2.19 bits per heavy atom. The van der Waals surface area contributed by atoms with Crippen LogP contribution in [0.4, 0.5) is 5.82 Å². The molecule has 0 atom stereocenters. The van der Waals surface area contributed by atoms with Crippen molar-refractivity contribution in [2.45, 2.75) is 6.61 Å². The number of anilines is 1. The molecule has 0 unspecified atom stereocenters. The Balaban J connectivity index is 2.07. The van der Waals surface area contributed by atoms with E-state index in [1.54, 1.807) is 18.2 Å². The third-order valence-electron chi connectivity index (χ3n) is 3.40. The van der Waals surface area contributed by atoms with Gasteiger partial charge in [0.15, 0.2) is 5.96 Å². The maximum atomic E-state index is 12.2. The quantitative estimate of drug-likeness (QED) is 0.451. The Labute approximate surface area is 155 Å². The number of nitrogens with two attached hydrogens (primary N) is 1. The zero-order valence-corrected chi connectivity index (χ0v) is 14.7. The highest BCUT2D eigenvalue weighted by Gasteiger charge is 2.18. The number of aromatic nitrogens is 1. The van der Waals surface area contributed by atoms with Gasteiger partial charge in [-0.1, -0.05) is 17.7 Å². The normalized spacial score (nSPS) is 9.88. The van der Waals surface area contributed by atoms with Crippen LogP contribution >= 0.6 is 11.6 Å². The molecule has 0 aliphatic heterocycles. The van der Waals surface area contributed by atoms with Crippen molar-refractivity contribution in [3.8, 4) is 11.8 Å². The van der Waals surface area contributed by atoms with E-state index < -0.39 is 5.97 Å². The van der Waals surface area contributed by atoms with Gasteiger partial charge in [0.1, 0.15) is 30.8 Å². The summed E-state index contributed by atoms with van der Waals surface area (Å²) in [6, 6.07) is 10.0. The number of guanidine groups is 1. The topological polar surface area (TPSA) is 125 Å². The number of benzene rings is 1. The fraction of sp³-hybridized carbons (Fsp3) is 0.176. The minimum absolute atomic E-state index is 0.0891. The van der Waals surface area contributed by atoms with Crippen LogP contribution in [0.3, 0.4) is 0 Å². The van der Waals surface area contributed by atoms with Crippen molar-refractivity contribution in [1.82, 2.24) is 4.98 Å². The number of ether oxygens (including phenoxy) is 2. The zero-order chi connectivity index (χ0) is 19.1. The van der Waals surface area contributed by atoms with E-state index in [4.69, 9.17) is 37.5 Å². The Morgan fingerprint density at radius 1 is 1.42 bits per heavy atom. The van der Waals surface area contributed by atoms with Crippen LogP contribution in [-0.4, -0.2) is 30.6 Å². The monoisotopic (exact) mass is 373 g/mol. The summed E-state index contributed by atoms with van der Waals surface area (Å²) in [5, 5.41) is 16.8. The van der Waals surface area contributed by atoms with Crippen molar-refractivity contribution in [3.63, 3.8) is 0 Å². The van der Waals surface area contributed by atoms with Gasteiger partial charge in [-0.05, 0) is 24.3 Å². The van der Waals surface area contributed by atoms with Crippen molar-refractivity contribution < 1.29 is 14.3 Å². The molecule has 0 aliphatic carbocycles. The van der Waals surface area contributed by atoms with Gasteiger partial charge in [-0.2, -0.15) is 5.26 Å².